The van der Waals surface area contributed by atoms with E-state index in [0.717, 1.165) is 0 Å². The third-order valence-electron chi connectivity index (χ3n) is 10.3. The summed E-state index contributed by atoms with van der Waals surface area (Å²) < 4.78 is 5.32. The van der Waals surface area contributed by atoms with Gasteiger partial charge in [-0.25, -0.2) is 0 Å². The van der Waals surface area contributed by atoms with Crippen molar-refractivity contribution in [3.63, 3.8) is 0 Å². The van der Waals surface area contributed by atoms with Crippen molar-refractivity contribution in [3.8, 4) is 22.3 Å². The average Bonchev–Trinajstić information content (AvgIpc) is 3.78. The van der Waals surface area contributed by atoms with Crippen LogP contribution in [0.5, 0.6) is 0 Å². The van der Waals surface area contributed by atoms with E-state index in [0.29, 0.717) is 0 Å². The molecular weight excluding hydrogens is 681 g/mol. The van der Waals surface area contributed by atoms with Crippen LogP contribution in [0.1, 0.15) is 6.92 Å². The topological polar surface area (TPSA) is 0 Å². The predicted octanol–water partition coefficient (Wildman–Crippen LogP) is 12.5. The van der Waals surface area contributed by atoms with Gasteiger partial charge in [0.1, 0.15) is 0 Å². The molecule has 0 amide bonds. The summed E-state index contributed by atoms with van der Waals surface area (Å²) in [5, 5.41) is 10.6. The third kappa shape index (κ3) is 5.24. The summed E-state index contributed by atoms with van der Waals surface area (Å²) in [6.07, 6.45) is 8.71. The highest BCUT2D eigenvalue weighted by molar-refractivity contribution is 7.26. The molecule has 2 aromatic heterocycles. The molecule has 2 heterocycles. The molecule has 0 spiro atoms. The van der Waals surface area contributed by atoms with Crippen molar-refractivity contribution in [1.29, 1.82) is 0 Å². The van der Waals surface area contributed by atoms with Crippen LogP contribution in [-0.2, 0) is 0 Å². The van der Waals surface area contributed by atoms with Crippen molar-refractivity contribution in [2.24, 2.45) is 0 Å². The zero-order valence-electron chi connectivity index (χ0n) is 28.9. The fraction of sp³-hybridized carbons (Fsp3) is 0.0204. The minimum absolute atomic E-state index is 1.24. The van der Waals surface area contributed by atoms with Crippen LogP contribution in [0.2, 0.25) is 0 Å². The molecule has 0 nitrogen and oxygen atoms in total. The molecule has 0 aliphatic carbocycles. The number of thiophene rings is 2. The van der Waals surface area contributed by atoms with Crippen molar-refractivity contribution >= 4 is 86.7 Å². The van der Waals surface area contributed by atoms with Gasteiger partial charge in [-0.3, -0.25) is 0 Å². The highest BCUT2D eigenvalue weighted by atomic mass is 32.1. The predicted molar refractivity (Wildman–Crippen MR) is 234 cm³/mol. The van der Waals surface area contributed by atoms with Crippen LogP contribution < -0.4 is 15.6 Å². The maximum absolute atomic E-state index is 4.23. The molecule has 52 heavy (non-hydrogen) atoms. The maximum Gasteiger partial charge on any atom is 0.179 e. The Morgan fingerprint density at radius 3 is 1.48 bits per heavy atom. The van der Waals surface area contributed by atoms with Crippen LogP contribution in [0.25, 0.3) is 62.6 Å². The summed E-state index contributed by atoms with van der Waals surface area (Å²) in [7, 11) is -2.91. The van der Waals surface area contributed by atoms with E-state index in [1.165, 1.54) is 83.4 Å². The molecule has 248 valence electrons. The average molecular weight is 717 g/mol. The largest absolute Gasteiger partial charge is 0.179 e. The van der Waals surface area contributed by atoms with Crippen molar-refractivity contribution in [2.45, 2.75) is 6.92 Å². The molecule has 0 unspecified atom stereocenters. The highest BCUT2D eigenvalue weighted by Gasteiger charge is 2.42. The lowest BCUT2D eigenvalue weighted by Crippen LogP contribution is -2.68. The number of allylic oxidation sites excluding steroid dienone is 5. The molecular formula is C49H36S2Si. The molecule has 7 aromatic carbocycles. The summed E-state index contributed by atoms with van der Waals surface area (Å²) in [5.74, 6) is 0. The van der Waals surface area contributed by atoms with E-state index in [4.69, 9.17) is 0 Å². The molecule has 0 radical (unpaired) electrons. The minimum Gasteiger partial charge on any atom is -0.135 e. The van der Waals surface area contributed by atoms with E-state index in [1.54, 1.807) is 0 Å². The first-order chi connectivity index (χ1) is 25.7. The molecule has 0 atom stereocenters. The molecule has 0 N–H and O–H groups in total. The van der Waals surface area contributed by atoms with E-state index in [2.05, 4.69) is 196 Å². The van der Waals surface area contributed by atoms with Gasteiger partial charge in [-0.15, -0.1) is 22.7 Å². The fourth-order valence-electron chi connectivity index (χ4n) is 8.09. The van der Waals surface area contributed by atoms with Crippen LogP contribution in [0.15, 0.2) is 200 Å². The van der Waals surface area contributed by atoms with Gasteiger partial charge in [0.15, 0.2) is 8.07 Å². The van der Waals surface area contributed by atoms with Crippen LogP contribution in [0.3, 0.4) is 0 Å². The van der Waals surface area contributed by atoms with Gasteiger partial charge in [0, 0.05) is 40.3 Å². The van der Waals surface area contributed by atoms with E-state index in [1.807, 2.05) is 28.7 Å². The quantitative estimate of drug-likeness (QED) is 0.0834. The lowest BCUT2D eigenvalue weighted by Gasteiger charge is -2.36. The SMILES string of the molecule is C=C/C=C(\C=C/C)[Si](c1ccccc1)(c1cccc(-c2cccc3c2sc2ccccc23)c1)c1cccc(-c2cccc3c2sc2ccccc23)c1. The first kappa shape index (κ1) is 32.3. The molecule has 0 saturated heterocycles. The number of hydrogen-bond donors (Lipinski definition) is 0. The zero-order chi connectivity index (χ0) is 35.1. The van der Waals surface area contributed by atoms with Crippen LogP contribution in [0, 0.1) is 0 Å². The lowest BCUT2D eigenvalue weighted by atomic mass is 10.0. The molecule has 0 aliphatic rings. The molecule has 0 bridgehead atoms. The first-order valence-electron chi connectivity index (χ1n) is 17.7. The van der Waals surface area contributed by atoms with Crippen LogP contribution in [-0.4, -0.2) is 8.07 Å². The highest BCUT2D eigenvalue weighted by Crippen LogP contribution is 2.41. The molecule has 0 saturated carbocycles. The van der Waals surface area contributed by atoms with Crippen LogP contribution in [0.4, 0.5) is 0 Å². The Morgan fingerprint density at radius 1 is 0.500 bits per heavy atom. The standard InChI is InChI=1S/C49H36S2Si/c1-3-16-36(17-4-2)52(37-20-6-5-7-21-37,38-22-12-18-34(32-38)40-26-14-28-44-42-24-8-10-30-46(42)50-48(40)44)39-23-13-19-35(33-39)41-27-15-29-45-43-25-9-11-31-47(43)51-49(41)45/h3-33H,1H2,2H3/b17-4-,36-16+. The minimum atomic E-state index is -2.91. The van der Waals surface area contributed by atoms with Gasteiger partial charge in [0.2, 0.25) is 0 Å². The van der Waals surface area contributed by atoms with Gasteiger partial charge < -0.3 is 0 Å². The summed E-state index contributed by atoms with van der Waals surface area (Å²) in [5.41, 5.74) is 5.04. The Labute approximate surface area is 314 Å². The van der Waals surface area contributed by atoms with Gasteiger partial charge in [0.25, 0.3) is 0 Å². The number of rotatable bonds is 8. The molecule has 0 aliphatic heterocycles. The third-order valence-corrected chi connectivity index (χ3v) is 17.5. The molecule has 9 rings (SSSR count). The summed E-state index contributed by atoms with van der Waals surface area (Å²) >= 11 is 3.78. The summed E-state index contributed by atoms with van der Waals surface area (Å²) in [6.45, 7) is 6.36. The second-order valence-corrected chi connectivity index (χ2v) is 19.1. The number of benzene rings is 7. The van der Waals surface area contributed by atoms with Crippen molar-refractivity contribution in [1.82, 2.24) is 0 Å². The van der Waals surface area contributed by atoms with E-state index in [9.17, 15) is 0 Å². The van der Waals surface area contributed by atoms with Gasteiger partial charge >= 0.3 is 0 Å². The van der Waals surface area contributed by atoms with Crippen molar-refractivity contribution in [3.05, 3.63) is 200 Å². The Balaban J connectivity index is 1.33. The second-order valence-electron chi connectivity index (χ2n) is 13.2. The van der Waals surface area contributed by atoms with E-state index in [-0.39, 0.29) is 0 Å². The Bertz CT molecular complexity index is 2670. The van der Waals surface area contributed by atoms with Crippen molar-refractivity contribution < 1.29 is 0 Å². The summed E-state index contributed by atoms with van der Waals surface area (Å²) in [4.78, 5) is 0. The monoisotopic (exact) mass is 716 g/mol. The van der Waals surface area contributed by atoms with Gasteiger partial charge in [0.05, 0.1) is 0 Å². The van der Waals surface area contributed by atoms with Gasteiger partial charge in [-0.1, -0.05) is 183 Å². The smallest absolute Gasteiger partial charge is 0.135 e. The summed E-state index contributed by atoms with van der Waals surface area (Å²) in [6, 6.07) is 61.1. The lowest BCUT2D eigenvalue weighted by molar-refractivity contribution is 1.62. The van der Waals surface area contributed by atoms with Crippen LogP contribution >= 0.6 is 22.7 Å². The number of fused-ring (bicyclic) bond motifs is 6. The Morgan fingerprint density at radius 2 is 0.962 bits per heavy atom. The van der Waals surface area contributed by atoms with Gasteiger partial charge in [-0.2, -0.15) is 0 Å². The van der Waals surface area contributed by atoms with E-state index < -0.39 is 8.07 Å². The zero-order valence-corrected chi connectivity index (χ0v) is 31.6. The maximum atomic E-state index is 4.23. The fourth-order valence-corrected chi connectivity index (χ4v) is 15.5. The van der Waals surface area contributed by atoms with Gasteiger partial charge in [-0.05, 0) is 62.1 Å². The molecule has 0 fully saturated rings. The van der Waals surface area contributed by atoms with E-state index >= 15 is 0 Å². The first-order valence-corrected chi connectivity index (χ1v) is 21.4. The van der Waals surface area contributed by atoms with Crippen molar-refractivity contribution in [2.75, 3.05) is 0 Å². The molecule has 3 heteroatoms. The normalized spacial score (nSPS) is 12.4. The number of hydrogen-bond acceptors (Lipinski definition) is 2. The molecule has 9 aromatic rings. The Kier molecular flexibility index (Phi) is 8.40. The second kappa shape index (κ2) is 13.5. The Hall–Kier alpha value is -5.58.